The summed E-state index contributed by atoms with van der Waals surface area (Å²) in [6, 6.07) is 0.289. The summed E-state index contributed by atoms with van der Waals surface area (Å²) in [6.45, 7) is 2.04. The molecule has 0 saturated heterocycles. The van der Waals surface area contributed by atoms with Gasteiger partial charge in [-0.25, -0.2) is 0 Å². The molecule has 0 atom stereocenters. The van der Waals surface area contributed by atoms with E-state index in [1.807, 2.05) is 6.92 Å². The third-order valence-electron chi connectivity index (χ3n) is 1.12. The van der Waals surface area contributed by atoms with Crippen molar-refractivity contribution in [1.82, 2.24) is 0 Å². The third kappa shape index (κ3) is 3.97. The molecule has 0 fully saturated rings. The van der Waals surface area contributed by atoms with Crippen molar-refractivity contribution in [2.45, 2.75) is 26.2 Å². The number of amides is 1. The molecule has 0 bridgehead atoms. The number of unbranched alkanes of at least 4 members (excludes halogenated alkanes) is 1. The second-order valence-corrected chi connectivity index (χ2v) is 1.99. The van der Waals surface area contributed by atoms with E-state index in [2.05, 4.69) is 0 Å². The predicted molar refractivity (Wildman–Crippen MR) is 36.1 cm³/mol. The van der Waals surface area contributed by atoms with Crippen LogP contribution in [0.3, 0.4) is 0 Å². The van der Waals surface area contributed by atoms with E-state index in [9.17, 15) is 4.79 Å². The first-order valence-electron chi connectivity index (χ1n) is 3.09. The van der Waals surface area contributed by atoms with Crippen LogP contribution in [0.2, 0.25) is 0 Å². The van der Waals surface area contributed by atoms with E-state index in [-0.39, 0.29) is 6.04 Å². The van der Waals surface area contributed by atoms with Crippen molar-refractivity contribution in [3.8, 4) is 0 Å². The smallest absolute Gasteiger partial charge is 0.239 e. The summed E-state index contributed by atoms with van der Waals surface area (Å²) in [7, 11) is 0. The van der Waals surface area contributed by atoms with E-state index in [1.165, 1.54) is 0 Å². The number of hydrogen-bond acceptors (Lipinski definition) is 2. The van der Waals surface area contributed by atoms with Crippen LogP contribution in [-0.2, 0) is 4.79 Å². The highest BCUT2D eigenvalue weighted by Gasteiger charge is 2.07. The van der Waals surface area contributed by atoms with Gasteiger partial charge in [0.1, 0.15) is 6.04 Å². The van der Waals surface area contributed by atoms with Gasteiger partial charge in [-0.1, -0.05) is 19.8 Å². The van der Waals surface area contributed by atoms with Gasteiger partial charge in [-0.2, -0.15) is 0 Å². The molecule has 1 amide bonds. The molecule has 0 aliphatic rings. The van der Waals surface area contributed by atoms with E-state index < -0.39 is 5.91 Å². The summed E-state index contributed by atoms with van der Waals surface area (Å²) in [5, 5.41) is 0. The number of rotatable bonds is 4. The Morgan fingerprint density at radius 3 is 2.33 bits per heavy atom. The van der Waals surface area contributed by atoms with E-state index in [0.717, 1.165) is 12.8 Å². The van der Waals surface area contributed by atoms with Crippen molar-refractivity contribution < 1.29 is 4.79 Å². The zero-order valence-corrected chi connectivity index (χ0v) is 5.68. The van der Waals surface area contributed by atoms with Crippen LogP contribution < -0.4 is 11.5 Å². The van der Waals surface area contributed by atoms with E-state index in [4.69, 9.17) is 11.5 Å². The van der Waals surface area contributed by atoms with Gasteiger partial charge in [-0.3, -0.25) is 4.79 Å². The maximum atomic E-state index is 10.3. The summed E-state index contributed by atoms with van der Waals surface area (Å²) in [6.07, 6.45) is 2.61. The zero-order chi connectivity index (χ0) is 7.28. The minimum absolute atomic E-state index is 0.289. The normalized spacial score (nSPS) is 10.1. The van der Waals surface area contributed by atoms with Crippen molar-refractivity contribution in [1.29, 1.82) is 0 Å². The molecule has 0 rings (SSSR count). The topological polar surface area (TPSA) is 69.1 Å². The van der Waals surface area contributed by atoms with Gasteiger partial charge in [0, 0.05) is 0 Å². The average molecular weight is 129 g/mol. The van der Waals surface area contributed by atoms with Gasteiger partial charge in [0.25, 0.3) is 0 Å². The first kappa shape index (κ1) is 8.43. The van der Waals surface area contributed by atoms with Gasteiger partial charge in [0.2, 0.25) is 5.91 Å². The molecule has 53 valence electrons. The van der Waals surface area contributed by atoms with Gasteiger partial charge in [0.05, 0.1) is 0 Å². The molecule has 3 heteroatoms. The lowest BCUT2D eigenvalue weighted by Gasteiger charge is -2.02. The fourth-order valence-electron chi connectivity index (χ4n) is 0.490. The number of carbonyl (C=O) groups excluding carboxylic acids is 1. The Hall–Kier alpha value is -0.570. The molecule has 0 saturated carbocycles. The van der Waals surface area contributed by atoms with Gasteiger partial charge >= 0.3 is 0 Å². The summed E-state index contributed by atoms with van der Waals surface area (Å²) >= 11 is 0. The highest BCUT2D eigenvalue weighted by Crippen LogP contribution is 2.02. The molecule has 0 heterocycles. The van der Waals surface area contributed by atoms with Gasteiger partial charge < -0.3 is 11.5 Å². The van der Waals surface area contributed by atoms with Gasteiger partial charge in [-0.15, -0.1) is 0 Å². The minimum Gasteiger partial charge on any atom is -0.368 e. The monoisotopic (exact) mass is 129 g/mol. The van der Waals surface area contributed by atoms with Crippen molar-refractivity contribution in [2.24, 2.45) is 11.5 Å². The lowest BCUT2D eigenvalue weighted by molar-refractivity contribution is -0.116. The minimum atomic E-state index is -0.483. The van der Waals surface area contributed by atoms with E-state index >= 15 is 0 Å². The first-order valence-corrected chi connectivity index (χ1v) is 3.09. The van der Waals surface area contributed by atoms with Gasteiger partial charge in [0.15, 0.2) is 0 Å². The number of nitrogens with two attached hydrogens (primary N) is 2. The Labute approximate surface area is 55.4 Å². The number of hydrogen-bond donors (Lipinski definition) is 2. The van der Waals surface area contributed by atoms with Crippen molar-refractivity contribution in [3.63, 3.8) is 0 Å². The molecule has 4 N–H and O–H groups in total. The first-order chi connectivity index (χ1) is 4.18. The highest BCUT2D eigenvalue weighted by molar-refractivity contribution is 5.87. The third-order valence-corrected chi connectivity index (χ3v) is 1.12. The standard InChI is InChI=1S/C6H13N2O/c1-2-3-4-5(7)6(8)9/h2-4,7H2,1H3,(H2,8,9). The molecule has 0 aromatic rings. The highest BCUT2D eigenvalue weighted by atomic mass is 16.1. The molecule has 0 unspecified atom stereocenters. The van der Waals surface area contributed by atoms with Crippen LogP contribution in [0, 0.1) is 6.04 Å². The zero-order valence-electron chi connectivity index (χ0n) is 5.68. The fraction of sp³-hybridized carbons (Fsp3) is 0.667. The van der Waals surface area contributed by atoms with E-state index in [1.54, 1.807) is 0 Å². The Morgan fingerprint density at radius 1 is 1.44 bits per heavy atom. The molecule has 0 aromatic heterocycles. The predicted octanol–water partition coefficient (Wildman–Crippen LogP) is 0.153. The molecular weight excluding hydrogens is 116 g/mol. The molecule has 9 heavy (non-hydrogen) atoms. The molecule has 0 aliphatic carbocycles. The Bertz CT molecular complexity index is 93.1. The maximum absolute atomic E-state index is 10.3. The molecule has 3 nitrogen and oxygen atoms in total. The lowest BCUT2D eigenvalue weighted by Crippen LogP contribution is -2.27. The second-order valence-electron chi connectivity index (χ2n) is 1.99. The molecule has 0 aromatic carbocycles. The second kappa shape index (κ2) is 4.32. The maximum Gasteiger partial charge on any atom is 0.239 e. The fourth-order valence-corrected chi connectivity index (χ4v) is 0.490. The van der Waals surface area contributed by atoms with Crippen LogP contribution in [0.25, 0.3) is 0 Å². The summed E-state index contributed by atoms with van der Waals surface area (Å²) in [5.41, 5.74) is 10.1. The van der Waals surface area contributed by atoms with Crippen molar-refractivity contribution in [2.75, 3.05) is 0 Å². The van der Waals surface area contributed by atoms with Gasteiger partial charge in [-0.05, 0) is 6.42 Å². The quantitative estimate of drug-likeness (QED) is 0.567. The number of primary amides is 1. The molecule has 0 aliphatic heterocycles. The van der Waals surface area contributed by atoms with Crippen LogP contribution >= 0.6 is 0 Å². The van der Waals surface area contributed by atoms with E-state index in [0.29, 0.717) is 6.42 Å². The Morgan fingerprint density at radius 2 is 2.00 bits per heavy atom. The van der Waals surface area contributed by atoms with Crippen LogP contribution in [-0.4, -0.2) is 5.91 Å². The van der Waals surface area contributed by atoms with Crippen molar-refractivity contribution >= 4 is 5.91 Å². The van der Waals surface area contributed by atoms with Crippen LogP contribution in [0.4, 0.5) is 0 Å². The summed E-state index contributed by atoms with van der Waals surface area (Å²) in [5.74, 6) is -0.483. The Balaban J connectivity index is 3.27. The lowest BCUT2D eigenvalue weighted by atomic mass is 10.1. The van der Waals surface area contributed by atoms with Crippen LogP contribution in [0.5, 0.6) is 0 Å². The summed E-state index contributed by atoms with van der Waals surface area (Å²) < 4.78 is 0. The van der Waals surface area contributed by atoms with Crippen molar-refractivity contribution in [3.05, 3.63) is 6.04 Å². The Kier molecular flexibility index (Phi) is 4.05. The number of carbonyl (C=O) groups is 1. The average Bonchev–Trinajstić information content (AvgIpc) is 1.82. The largest absolute Gasteiger partial charge is 0.368 e. The van der Waals surface area contributed by atoms with Crippen LogP contribution in [0.15, 0.2) is 0 Å². The molecule has 0 spiro atoms. The van der Waals surface area contributed by atoms with Crippen LogP contribution in [0.1, 0.15) is 26.2 Å². The SMILES string of the molecule is CCCC[C](N)C(N)=O. The summed E-state index contributed by atoms with van der Waals surface area (Å²) in [4.78, 5) is 10.3. The molecule has 1 radical (unpaired) electrons. The molecular formula is C6H13N2O.